The Morgan fingerprint density at radius 3 is 2.71 bits per heavy atom. The van der Waals surface area contributed by atoms with Crippen LogP contribution in [-0.2, 0) is 0 Å². The Kier molecular flexibility index (Phi) is 3.14. The van der Waals surface area contributed by atoms with Crippen LogP contribution in [0.5, 0.6) is 0 Å². The number of nitrogens with zero attached hydrogens (tertiary/aromatic N) is 1. The molecule has 0 heterocycles. The molecule has 6 heteroatoms. The minimum Gasteiger partial charge on any atom is -0.379 e. The van der Waals surface area contributed by atoms with Crippen molar-refractivity contribution in [3.8, 4) is 0 Å². The van der Waals surface area contributed by atoms with Gasteiger partial charge in [0.1, 0.15) is 11.4 Å². The van der Waals surface area contributed by atoms with Crippen molar-refractivity contribution < 1.29 is 4.92 Å². The van der Waals surface area contributed by atoms with Crippen LogP contribution in [0.1, 0.15) is 13.3 Å². The van der Waals surface area contributed by atoms with Gasteiger partial charge in [0.2, 0.25) is 0 Å². The summed E-state index contributed by atoms with van der Waals surface area (Å²) in [6, 6.07) is 5.02. The highest BCUT2D eigenvalue weighted by Crippen LogP contribution is 2.39. The van der Waals surface area contributed by atoms with Crippen molar-refractivity contribution in [2.45, 2.75) is 13.3 Å². The first-order valence-electron chi connectivity index (χ1n) is 5.61. The minimum atomic E-state index is -0.423. The number of nitrogens with one attached hydrogen (secondary N) is 2. The van der Waals surface area contributed by atoms with Gasteiger partial charge in [0.05, 0.1) is 4.92 Å². The van der Waals surface area contributed by atoms with Gasteiger partial charge in [0.15, 0.2) is 0 Å². The zero-order valence-corrected chi connectivity index (χ0v) is 9.64. The van der Waals surface area contributed by atoms with E-state index in [1.54, 1.807) is 18.2 Å². The van der Waals surface area contributed by atoms with E-state index in [2.05, 4.69) is 17.7 Å². The molecule has 0 amide bonds. The molecule has 0 bridgehead atoms. The van der Waals surface area contributed by atoms with Gasteiger partial charge in [-0.1, -0.05) is 13.0 Å². The molecular formula is C11H16N4O2. The molecule has 1 fully saturated rings. The highest BCUT2D eigenvalue weighted by Gasteiger charge is 2.32. The molecule has 92 valence electrons. The molecule has 1 aliphatic carbocycles. The number of anilines is 2. The number of hydrazine groups is 1. The van der Waals surface area contributed by atoms with E-state index in [1.807, 2.05) is 0 Å². The first kappa shape index (κ1) is 11.7. The van der Waals surface area contributed by atoms with Crippen molar-refractivity contribution in [3.63, 3.8) is 0 Å². The number of nitrogens with two attached hydrogens (primary N) is 1. The van der Waals surface area contributed by atoms with Gasteiger partial charge >= 0.3 is 5.69 Å². The fourth-order valence-corrected chi connectivity index (χ4v) is 1.92. The maximum absolute atomic E-state index is 11.0. The average molecular weight is 236 g/mol. The molecule has 0 aromatic heterocycles. The van der Waals surface area contributed by atoms with Crippen LogP contribution in [0.3, 0.4) is 0 Å². The van der Waals surface area contributed by atoms with Crippen molar-refractivity contribution >= 4 is 17.1 Å². The summed E-state index contributed by atoms with van der Waals surface area (Å²) < 4.78 is 0. The third-order valence-electron chi connectivity index (χ3n) is 3.20. The van der Waals surface area contributed by atoms with Crippen molar-refractivity contribution in [2.24, 2.45) is 17.7 Å². The average Bonchev–Trinajstić information content (AvgIpc) is 3.01. The van der Waals surface area contributed by atoms with Gasteiger partial charge in [-0.3, -0.25) is 16.0 Å². The van der Waals surface area contributed by atoms with E-state index in [1.165, 1.54) is 6.42 Å². The Morgan fingerprint density at radius 2 is 2.18 bits per heavy atom. The van der Waals surface area contributed by atoms with E-state index >= 15 is 0 Å². The summed E-state index contributed by atoms with van der Waals surface area (Å²) in [4.78, 5) is 10.6. The smallest absolute Gasteiger partial charge is 0.316 e. The lowest BCUT2D eigenvalue weighted by molar-refractivity contribution is -0.383. The molecule has 4 N–H and O–H groups in total. The molecule has 0 aliphatic heterocycles. The molecular weight excluding hydrogens is 220 g/mol. The van der Waals surface area contributed by atoms with Crippen LogP contribution in [0.2, 0.25) is 0 Å². The van der Waals surface area contributed by atoms with Crippen LogP contribution in [-0.4, -0.2) is 11.5 Å². The third kappa shape index (κ3) is 2.47. The van der Waals surface area contributed by atoms with Gasteiger partial charge in [-0.05, 0) is 30.4 Å². The van der Waals surface area contributed by atoms with Gasteiger partial charge in [-0.25, -0.2) is 0 Å². The molecule has 6 nitrogen and oxygen atoms in total. The second-order valence-corrected chi connectivity index (χ2v) is 4.46. The fourth-order valence-electron chi connectivity index (χ4n) is 1.92. The summed E-state index contributed by atoms with van der Waals surface area (Å²) in [5.74, 6) is 6.61. The fraction of sp³-hybridized carbons (Fsp3) is 0.455. The van der Waals surface area contributed by atoms with Gasteiger partial charge in [0.25, 0.3) is 0 Å². The van der Waals surface area contributed by atoms with Crippen molar-refractivity contribution in [2.75, 3.05) is 17.3 Å². The largest absolute Gasteiger partial charge is 0.379 e. The highest BCUT2D eigenvalue weighted by atomic mass is 16.6. The first-order chi connectivity index (χ1) is 8.13. The standard InChI is InChI=1S/C11H16N4O2/c1-7-5-8(7)6-13-9-3-2-4-10(14-12)11(9)15(16)17/h2-4,7-8,13-14H,5-6,12H2,1H3. The maximum atomic E-state index is 11.0. The maximum Gasteiger partial charge on any atom is 0.316 e. The molecule has 2 unspecified atom stereocenters. The number of rotatable bonds is 5. The lowest BCUT2D eigenvalue weighted by Crippen LogP contribution is -2.12. The monoisotopic (exact) mass is 236 g/mol. The zero-order chi connectivity index (χ0) is 12.4. The summed E-state index contributed by atoms with van der Waals surface area (Å²) in [5.41, 5.74) is 3.19. The van der Waals surface area contributed by atoms with Crippen LogP contribution in [0.15, 0.2) is 18.2 Å². The van der Waals surface area contributed by atoms with Gasteiger partial charge in [0, 0.05) is 6.54 Å². The van der Waals surface area contributed by atoms with Gasteiger partial charge < -0.3 is 10.7 Å². The normalized spacial score (nSPS) is 22.0. The van der Waals surface area contributed by atoms with E-state index < -0.39 is 4.92 Å². The van der Waals surface area contributed by atoms with Gasteiger partial charge in [-0.15, -0.1) is 0 Å². The lowest BCUT2D eigenvalue weighted by Gasteiger charge is -2.09. The van der Waals surface area contributed by atoms with Crippen molar-refractivity contribution in [3.05, 3.63) is 28.3 Å². The summed E-state index contributed by atoms with van der Waals surface area (Å²) in [7, 11) is 0. The van der Waals surface area contributed by atoms with Crippen LogP contribution in [0, 0.1) is 22.0 Å². The topological polar surface area (TPSA) is 93.2 Å². The van der Waals surface area contributed by atoms with E-state index in [-0.39, 0.29) is 5.69 Å². The molecule has 17 heavy (non-hydrogen) atoms. The summed E-state index contributed by atoms with van der Waals surface area (Å²) in [6.45, 7) is 2.95. The Bertz CT molecular complexity index is 435. The number of para-hydroxylation sites is 1. The second-order valence-electron chi connectivity index (χ2n) is 4.46. The van der Waals surface area contributed by atoms with Gasteiger partial charge in [-0.2, -0.15) is 0 Å². The lowest BCUT2D eigenvalue weighted by atomic mass is 10.2. The number of hydrogen-bond donors (Lipinski definition) is 3. The van der Waals surface area contributed by atoms with Crippen LogP contribution in [0.25, 0.3) is 0 Å². The molecule has 1 saturated carbocycles. The first-order valence-corrected chi connectivity index (χ1v) is 5.61. The molecule has 0 radical (unpaired) electrons. The molecule has 2 atom stereocenters. The minimum absolute atomic E-state index is 0.00306. The van der Waals surface area contributed by atoms with E-state index in [0.29, 0.717) is 17.3 Å². The third-order valence-corrected chi connectivity index (χ3v) is 3.20. The SMILES string of the molecule is CC1CC1CNc1cccc(NN)c1[N+](=O)[O-]. The Hall–Kier alpha value is -1.82. The predicted molar refractivity (Wildman–Crippen MR) is 66.7 cm³/mol. The van der Waals surface area contributed by atoms with Crippen LogP contribution < -0.4 is 16.6 Å². The van der Waals surface area contributed by atoms with Crippen LogP contribution in [0.4, 0.5) is 17.1 Å². The van der Waals surface area contributed by atoms with Crippen molar-refractivity contribution in [1.82, 2.24) is 0 Å². The number of nitrogen functional groups attached to an aromatic ring is 1. The van der Waals surface area contributed by atoms with E-state index in [4.69, 9.17) is 5.84 Å². The Morgan fingerprint density at radius 1 is 1.53 bits per heavy atom. The number of benzene rings is 1. The number of nitro groups is 1. The number of nitro benzene ring substituents is 1. The predicted octanol–water partition coefficient (Wildman–Crippen LogP) is 1.95. The Labute approximate surface area is 99.3 Å². The van der Waals surface area contributed by atoms with Crippen LogP contribution >= 0.6 is 0 Å². The summed E-state index contributed by atoms with van der Waals surface area (Å²) in [6.07, 6.45) is 1.19. The van der Waals surface area contributed by atoms with Crippen molar-refractivity contribution in [1.29, 1.82) is 0 Å². The molecule has 1 aromatic rings. The molecule has 0 spiro atoms. The molecule has 1 aromatic carbocycles. The number of hydrogen-bond acceptors (Lipinski definition) is 5. The summed E-state index contributed by atoms with van der Waals surface area (Å²) >= 11 is 0. The molecule has 1 aliphatic rings. The zero-order valence-electron chi connectivity index (χ0n) is 9.64. The molecule has 0 saturated heterocycles. The second kappa shape index (κ2) is 4.58. The quantitative estimate of drug-likeness (QED) is 0.412. The Balaban J connectivity index is 2.16. The van der Waals surface area contributed by atoms with E-state index in [0.717, 1.165) is 12.5 Å². The van der Waals surface area contributed by atoms with E-state index in [9.17, 15) is 10.1 Å². The summed E-state index contributed by atoms with van der Waals surface area (Å²) in [5, 5.41) is 14.1. The molecule has 2 rings (SSSR count). The highest BCUT2D eigenvalue weighted by molar-refractivity contribution is 5.75.